The van der Waals surface area contributed by atoms with Gasteiger partial charge in [-0.05, 0) is 49.1 Å². The smallest absolute Gasteiger partial charge is 0.251 e. The monoisotopic (exact) mass is 470 g/mol. The van der Waals surface area contributed by atoms with Crippen LogP contribution in [0.2, 0.25) is 0 Å². The van der Waals surface area contributed by atoms with Crippen LogP contribution in [0.25, 0.3) is 0 Å². The van der Waals surface area contributed by atoms with E-state index >= 15 is 0 Å². The first-order chi connectivity index (χ1) is 16.2. The predicted molar refractivity (Wildman–Crippen MR) is 131 cm³/mol. The van der Waals surface area contributed by atoms with Crippen LogP contribution >= 0.6 is 0 Å². The molecule has 1 N–H and O–H groups in total. The molecule has 3 aliphatic rings. The van der Waals surface area contributed by atoms with Crippen LogP contribution in [-0.4, -0.2) is 91.5 Å². The molecule has 1 aromatic rings. The van der Waals surface area contributed by atoms with Gasteiger partial charge in [-0.2, -0.15) is 0 Å². The Labute approximate surface area is 202 Å². The molecular weight excluding hydrogens is 432 g/mol. The highest BCUT2D eigenvalue weighted by Gasteiger charge is 2.48. The van der Waals surface area contributed by atoms with E-state index < -0.39 is 12.1 Å². The molecule has 0 spiro atoms. The van der Waals surface area contributed by atoms with Crippen LogP contribution in [0.3, 0.4) is 0 Å². The molecule has 3 aliphatic heterocycles. The topological polar surface area (TPSA) is 82.2 Å². The van der Waals surface area contributed by atoms with Crippen molar-refractivity contribution in [1.82, 2.24) is 15.1 Å². The number of hydrogen-bond acceptors (Lipinski definition) is 6. The molecule has 186 valence electrons. The zero-order chi connectivity index (χ0) is 24.5. The van der Waals surface area contributed by atoms with Crippen molar-refractivity contribution in [2.75, 3.05) is 50.8 Å². The Bertz CT molecular complexity index is 902. The van der Waals surface area contributed by atoms with Crippen molar-refractivity contribution in [2.45, 2.75) is 58.7 Å². The molecule has 4 rings (SSSR count). The minimum Gasteiger partial charge on any atom is -0.369 e. The predicted octanol–water partition coefficient (Wildman–Crippen LogP) is 1.93. The molecule has 34 heavy (non-hydrogen) atoms. The average Bonchev–Trinajstić information content (AvgIpc) is 3.40. The van der Waals surface area contributed by atoms with Crippen molar-refractivity contribution in [3.63, 3.8) is 0 Å². The molecule has 0 bridgehead atoms. The number of carbonyl (C=O) groups is 3. The van der Waals surface area contributed by atoms with Crippen molar-refractivity contribution >= 4 is 23.3 Å². The number of rotatable bonds is 6. The number of nitrogens with zero attached hydrogens (tertiary/aromatic N) is 3. The molecule has 3 atom stereocenters. The van der Waals surface area contributed by atoms with Crippen molar-refractivity contribution in [3.8, 4) is 0 Å². The summed E-state index contributed by atoms with van der Waals surface area (Å²) in [6.07, 6.45) is 0.932. The number of carbonyl (C=O) groups excluding carboxylic acids is 3. The summed E-state index contributed by atoms with van der Waals surface area (Å²) in [7, 11) is 0. The van der Waals surface area contributed by atoms with Crippen molar-refractivity contribution in [2.24, 2.45) is 5.41 Å². The van der Waals surface area contributed by atoms with E-state index in [0.29, 0.717) is 24.9 Å². The van der Waals surface area contributed by atoms with Crippen LogP contribution < -0.4 is 10.2 Å². The number of piperazine rings is 1. The Morgan fingerprint density at radius 2 is 1.76 bits per heavy atom. The number of ether oxygens (including phenoxy) is 1. The molecular formula is C26H38N4O4. The maximum absolute atomic E-state index is 13.5. The second-order valence-corrected chi connectivity index (χ2v) is 10.8. The lowest BCUT2D eigenvalue weighted by molar-refractivity contribution is -0.138. The van der Waals surface area contributed by atoms with Gasteiger partial charge in [0.1, 0.15) is 18.7 Å². The summed E-state index contributed by atoms with van der Waals surface area (Å²) in [6, 6.07) is 6.42. The third-order valence-corrected chi connectivity index (χ3v) is 7.13. The molecule has 2 amide bonds. The summed E-state index contributed by atoms with van der Waals surface area (Å²) in [5, 5.41) is 2.97. The van der Waals surface area contributed by atoms with Crippen LogP contribution in [0.5, 0.6) is 0 Å². The van der Waals surface area contributed by atoms with E-state index in [4.69, 9.17) is 4.74 Å². The van der Waals surface area contributed by atoms with Crippen LogP contribution in [0, 0.1) is 5.41 Å². The molecule has 0 radical (unpaired) electrons. The van der Waals surface area contributed by atoms with Crippen molar-refractivity contribution < 1.29 is 19.1 Å². The number of nitrogens with one attached hydrogen (secondary N) is 1. The summed E-state index contributed by atoms with van der Waals surface area (Å²) >= 11 is 0. The van der Waals surface area contributed by atoms with Gasteiger partial charge in [0.25, 0.3) is 5.91 Å². The normalized spacial score (nSPS) is 24.3. The lowest BCUT2D eigenvalue weighted by Crippen LogP contribution is -2.53. The number of hydrogen-bond donors (Lipinski definition) is 1. The standard InChI is InChI=1S/C26H38N4O4/c1-5-28-12-14-29(15-13-28)19-8-6-18(7-9-19)24(32)27-20(16-26(2,3)4)25(33)30-11-10-22-23(30)21(31)17-34-22/h6-9,20,22-23H,5,10-17H2,1-4H3,(H,27,32)/t20?,22-,23-/m1/s1. The highest BCUT2D eigenvalue weighted by Crippen LogP contribution is 2.30. The Hall–Kier alpha value is -2.45. The summed E-state index contributed by atoms with van der Waals surface area (Å²) in [5.74, 6) is -0.512. The van der Waals surface area contributed by atoms with Gasteiger partial charge in [-0.3, -0.25) is 14.4 Å². The Morgan fingerprint density at radius 3 is 2.38 bits per heavy atom. The van der Waals surface area contributed by atoms with E-state index in [0.717, 1.165) is 38.4 Å². The average molecular weight is 471 g/mol. The molecule has 1 aromatic carbocycles. The number of ketones is 1. The number of fused-ring (bicyclic) bond motifs is 1. The lowest BCUT2D eigenvalue weighted by atomic mass is 9.87. The van der Waals surface area contributed by atoms with E-state index in [-0.39, 0.29) is 35.7 Å². The van der Waals surface area contributed by atoms with E-state index in [2.05, 4.69) is 22.0 Å². The van der Waals surface area contributed by atoms with Gasteiger partial charge in [0.15, 0.2) is 5.78 Å². The van der Waals surface area contributed by atoms with E-state index in [1.807, 2.05) is 45.0 Å². The van der Waals surface area contributed by atoms with Crippen LogP contribution in [0.15, 0.2) is 24.3 Å². The summed E-state index contributed by atoms with van der Waals surface area (Å²) in [6.45, 7) is 14.0. The van der Waals surface area contributed by atoms with Gasteiger partial charge in [0.05, 0.1) is 6.10 Å². The number of anilines is 1. The Morgan fingerprint density at radius 1 is 1.09 bits per heavy atom. The maximum Gasteiger partial charge on any atom is 0.251 e. The first-order valence-electron chi connectivity index (χ1n) is 12.5. The summed E-state index contributed by atoms with van der Waals surface area (Å²) in [4.78, 5) is 45.3. The quantitative estimate of drug-likeness (QED) is 0.684. The van der Waals surface area contributed by atoms with Gasteiger partial charge >= 0.3 is 0 Å². The maximum atomic E-state index is 13.5. The zero-order valence-corrected chi connectivity index (χ0v) is 20.9. The molecule has 3 saturated heterocycles. The van der Waals surface area contributed by atoms with E-state index in [9.17, 15) is 14.4 Å². The first kappa shape index (κ1) is 24.7. The Balaban J connectivity index is 1.43. The fraction of sp³-hybridized carbons (Fsp3) is 0.654. The summed E-state index contributed by atoms with van der Waals surface area (Å²) in [5.41, 5.74) is 1.47. The van der Waals surface area contributed by atoms with Gasteiger partial charge in [0, 0.05) is 44.0 Å². The number of likely N-dealkylation sites (tertiary alicyclic amines) is 1. The second-order valence-electron chi connectivity index (χ2n) is 10.8. The van der Waals surface area contributed by atoms with Crippen LogP contribution in [0.4, 0.5) is 5.69 Å². The highest BCUT2D eigenvalue weighted by molar-refractivity contribution is 5.99. The molecule has 3 heterocycles. The minimum absolute atomic E-state index is 0.0490. The van der Waals surface area contributed by atoms with Gasteiger partial charge in [0.2, 0.25) is 5.91 Å². The fourth-order valence-corrected chi connectivity index (χ4v) is 5.24. The molecule has 8 heteroatoms. The van der Waals surface area contributed by atoms with Crippen molar-refractivity contribution in [3.05, 3.63) is 29.8 Å². The van der Waals surface area contributed by atoms with E-state index in [1.54, 1.807) is 4.90 Å². The number of amides is 2. The first-order valence-corrected chi connectivity index (χ1v) is 12.5. The van der Waals surface area contributed by atoms with Crippen molar-refractivity contribution in [1.29, 1.82) is 0 Å². The zero-order valence-electron chi connectivity index (χ0n) is 20.9. The number of likely N-dealkylation sites (N-methyl/N-ethyl adjacent to an activating group) is 1. The fourth-order valence-electron chi connectivity index (χ4n) is 5.24. The highest BCUT2D eigenvalue weighted by atomic mass is 16.5. The molecule has 0 aliphatic carbocycles. The lowest BCUT2D eigenvalue weighted by Gasteiger charge is -2.35. The molecule has 8 nitrogen and oxygen atoms in total. The van der Waals surface area contributed by atoms with Gasteiger partial charge in [-0.15, -0.1) is 0 Å². The van der Waals surface area contributed by atoms with E-state index in [1.165, 1.54) is 0 Å². The van der Waals surface area contributed by atoms with Gasteiger partial charge in [-0.25, -0.2) is 0 Å². The van der Waals surface area contributed by atoms with Crippen LogP contribution in [-0.2, 0) is 14.3 Å². The van der Waals surface area contributed by atoms with Crippen LogP contribution in [0.1, 0.15) is 50.9 Å². The molecule has 3 fully saturated rings. The largest absolute Gasteiger partial charge is 0.369 e. The SMILES string of the molecule is CCN1CCN(c2ccc(C(=O)NC(CC(C)(C)C)C(=O)N3CC[C@H]4OCC(=O)[C@H]43)cc2)CC1. The number of Topliss-reactive ketones (excluding diaryl/α,β-unsaturated/α-hetero) is 1. The van der Waals surface area contributed by atoms with Gasteiger partial charge < -0.3 is 24.8 Å². The second kappa shape index (κ2) is 10.0. The third kappa shape index (κ3) is 5.44. The Kier molecular flexibility index (Phi) is 7.28. The minimum atomic E-state index is -0.693. The summed E-state index contributed by atoms with van der Waals surface area (Å²) < 4.78 is 5.54. The number of benzene rings is 1. The van der Waals surface area contributed by atoms with Gasteiger partial charge in [-0.1, -0.05) is 27.7 Å². The molecule has 0 aromatic heterocycles. The molecule has 0 saturated carbocycles. The molecule has 1 unspecified atom stereocenters. The third-order valence-electron chi connectivity index (χ3n) is 7.13.